The summed E-state index contributed by atoms with van der Waals surface area (Å²) in [5, 5.41) is 10.7. The number of guanidine groups is 1. The number of ether oxygens (including phenoxy) is 2. The number of hydrogen-bond donors (Lipinski definition) is 2. The lowest BCUT2D eigenvalue weighted by atomic mass is 10.1. The molecule has 0 aliphatic rings. The van der Waals surface area contributed by atoms with Gasteiger partial charge in [0.15, 0.2) is 11.7 Å². The Bertz CT molecular complexity index is 976. The number of hydrogen-bond acceptors (Lipinski definition) is 5. The highest BCUT2D eigenvalue weighted by atomic mass is 127. The number of aryl methyl sites for hydroxylation is 1. The van der Waals surface area contributed by atoms with Gasteiger partial charge in [0, 0.05) is 37.4 Å². The zero-order chi connectivity index (χ0) is 21.9. The minimum Gasteiger partial charge on any atom is -0.491 e. The lowest BCUT2D eigenvalue weighted by molar-refractivity contribution is 0.110. The third-order valence-corrected chi connectivity index (χ3v) is 4.64. The SMILES string of the molecule is CCOCCOc1cc(C)ccc1CNC(=NC)NCc1cc(-c2ccccc2)on1.I. The van der Waals surface area contributed by atoms with E-state index in [1.807, 2.05) is 49.4 Å². The van der Waals surface area contributed by atoms with Crippen molar-refractivity contribution in [1.82, 2.24) is 15.8 Å². The molecule has 172 valence electrons. The van der Waals surface area contributed by atoms with Gasteiger partial charge < -0.3 is 24.6 Å². The molecule has 0 aliphatic carbocycles. The predicted octanol–water partition coefficient (Wildman–Crippen LogP) is 4.55. The number of benzene rings is 2. The smallest absolute Gasteiger partial charge is 0.191 e. The third-order valence-electron chi connectivity index (χ3n) is 4.64. The summed E-state index contributed by atoms with van der Waals surface area (Å²) in [4.78, 5) is 4.29. The maximum atomic E-state index is 5.91. The molecule has 2 aromatic carbocycles. The van der Waals surface area contributed by atoms with Gasteiger partial charge in [0.25, 0.3) is 0 Å². The highest BCUT2D eigenvalue weighted by molar-refractivity contribution is 14.0. The molecule has 0 amide bonds. The molecular weight excluding hydrogens is 519 g/mol. The zero-order valence-corrected chi connectivity index (χ0v) is 21.1. The predicted molar refractivity (Wildman–Crippen MR) is 138 cm³/mol. The van der Waals surface area contributed by atoms with Gasteiger partial charge in [0.1, 0.15) is 18.1 Å². The molecule has 3 rings (SSSR count). The molecule has 0 bridgehead atoms. The Labute approximate surface area is 206 Å². The fraction of sp³-hybridized carbons (Fsp3) is 0.333. The molecule has 0 fully saturated rings. The van der Waals surface area contributed by atoms with Crippen LogP contribution in [0.5, 0.6) is 5.75 Å². The Kier molecular flexibility index (Phi) is 11.0. The largest absolute Gasteiger partial charge is 0.491 e. The molecule has 0 aliphatic heterocycles. The van der Waals surface area contributed by atoms with Gasteiger partial charge in [-0.05, 0) is 25.5 Å². The van der Waals surface area contributed by atoms with Gasteiger partial charge in [-0.2, -0.15) is 0 Å². The van der Waals surface area contributed by atoms with E-state index in [0.29, 0.717) is 38.9 Å². The fourth-order valence-corrected chi connectivity index (χ4v) is 3.00. The van der Waals surface area contributed by atoms with Gasteiger partial charge in [-0.3, -0.25) is 4.99 Å². The van der Waals surface area contributed by atoms with Crippen molar-refractivity contribution in [3.05, 3.63) is 71.4 Å². The van der Waals surface area contributed by atoms with Crippen molar-refractivity contribution in [2.45, 2.75) is 26.9 Å². The van der Waals surface area contributed by atoms with Crippen LogP contribution < -0.4 is 15.4 Å². The Hall–Kier alpha value is -2.59. The van der Waals surface area contributed by atoms with Crippen molar-refractivity contribution in [2.75, 3.05) is 26.9 Å². The first kappa shape index (κ1) is 25.7. The van der Waals surface area contributed by atoms with Gasteiger partial charge in [0.2, 0.25) is 0 Å². The van der Waals surface area contributed by atoms with E-state index in [2.05, 4.69) is 39.8 Å². The van der Waals surface area contributed by atoms with Crippen LogP contribution in [-0.4, -0.2) is 38.0 Å². The van der Waals surface area contributed by atoms with E-state index < -0.39 is 0 Å². The highest BCUT2D eigenvalue weighted by Crippen LogP contribution is 2.21. The molecule has 8 heteroatoms. The molecule has 0 saturated heterocycles. The summed E-state index contributed by atoms with van der Waals surface area (Å²) in [5.74, 6) is 2.27. The summed E-state index contributed by atoms with van der Waals surface area (Å²) < 4.78 is 16.7. The second kappa shape index (κ2) is 13.7. The maximum absolute atomic E-state index is 5.91. The van der Waals surface area contributed by atoms with Gasteiger partial charge in [-0.25, -0.2) is 0 Å². The van der Waals surface area contributed by atoms with Crippen molar-refractivity contribution in [3.8, 4) is 17.1 Å². The van der Waals surface area contributed by atoms with E-state index in [9.17, 15) is 0 Å². The summed E-state index contributed by atoms with van der Waals surface area (Å²) >= 11 is 0. The average molecular weight is 550 g/mol. The van der Waals surface area contributed by atoms with E-state index in [4.69, 9.17) is 14.0 Å². The van der Waals surface area contributed by atoms with Crippen LogP contribution in [0.1, 0.15) is 23.7 Å². The van der Waals surface area contributed by atoms with Crippen molar-refractivity contribution in [2.24, 2.45) is 4.99 Å². The molecule has 2 N–H and O–H groups in total. The fourth-order valence-electron chi connectivity index (χ4n) is 3.00. The monoisotopic (exact) mass is 550 g/mol. The first-order chi connectivity index (χ1) is 15.2. The first-order valence-electron chi connectivity index (χ1n) is 10.4. The Morgan fingerprint density at radius 3 is 2.56 bits per heavy atom. The lowest BCUT2D eigenvalue weighted by Gasteiger charge is -2.15. The van der Waals surface area contributed by atoms with Gasteiger partial charge in [-0.15, -0.1) is 24.0 Å². The number of aliphatic imine (C=N–C) groups is 1. The van der Waals surface area contributed by atoms with Crippen LogP contribution in [0.3, 0.4) is 0 Å². The minimum absolute atomic E-state index is 0. The summed E-state index contributed by atoms with van der Waals surface area (Å²) in [6.07, 6.45) is 0. The van der Waals surface area contributed by atoms with Gasteiger partial charge >= 0.3 is 0 Å². The second-order valence-electron chi connectivity index (χ2n) is 6.98. The normalized spacial score (nSPS) is 11.0. The number of rotatable bonds is 10. The van der Waals surface area contributed by atoms with Crippen LogP contribution in [0.25, 0.3) is 11.3 Å². The van der Waals surface area contributed by atoms with E-state index in [-0.39, 0.29) is 24.0 Å². The molecular formula is C24H31IN4O3. The minimum atomic E-state index is 0. The van der Waals surface area contributed by atoms with Gasteiger partial charge in [-0.1, -0.05) is 47.6 Å². The molecule has 1 heterocycles. The van der Waals surface area contributed by atoms with Crippen LogP contribution in [0.4, 0.5) is 0 Å². The molecule has 32 heavy (non-hydrogen) atoms. The quantitative estimate of drug-likeness (QED) is 0.167. The van der Waals surface area contributed by atoms with E-state index in [1.54, 1.807) is 7.05 Å². The second-order valence-corrected chi connectivity index (χ2v) is 6.98. The lowest BCUT2D eigenvalue weighted by Crippen LogP contribution is -2.36. The number of nitrogens with one attached hydrogen (secondary N) is 2. The molecule has 1 aromatic heterocycles. The molecule has 0 spiro atoms. The maximum Gasteiger partial charge on any atom is 0.191 e. The topological polar surface area (TPSA) is 80.9 Å². The van der Waals surface area contributed by atoms with E-state index >= 15 is 0 Å². The number of aromatic nitrogens is 1. The zero-order valence-electron chi connectivity index (χ0n) is 18.8. The number of halogens is 1. The van der Waals surface area contributed by atoms with Crippen LogP contribution in [0.15, 0.2) is 64.1 Å². The molecule has 0 atom stereocenters. The standard InChI is InChI=1S/C24H30N4O3.HI/c1-4-29-12-13-30-22-14-18(2)10-11-20(22)16-26-24(25-3)27-17-21-15-23(31-28-21)19-8-6-5-7-9-19;/h5-11,14-15H,4,12-13,16-17H2,1-3H3,(H2,25,26,27);1H. The average Bonchev–Trinajstić information content (AvgIpc) is 3.27. The third kappa shape index (κ3) is 7.83. The van der Waals surface area contributed by atoms with Gasteiger partial charge in [0.05, 0.1) is 13.2 Å². The molecule has 0 unspecified atom stereocenters. The van der Waals surface area contributed by atoms with Crippen molar-refractivity contribution in [3.63, 3.8) is 0 Å². The van der Waals surface area contributed by atoms with Crippen LogP contribution in [0.2, 0.25) is 0 Å². The first-order valence-corrected chi connectivity index (χ1v) is 10.4. The molecule has 3 aromatic rings. The van der Waals surface area contributed by atoms with Crippen LogP contribution >= 0.6 is 24.0 Å². The van der Waals surface area contributed by atoms with E-state index in [1.165, 1.54) is 0 Å². The number of nitrogens with zero attached hydrogens (tertiary/aromatic N) is 2. The van der Waals surface area contributed by atoms with Crippen LogP contribution in [-0.2, 0) is 17.8 Å². The summed E-state index contributed by atoms with van der Waals surface area (Å²) in [7, 11) is 1.74. The van der Waals surface area contributed by atoms with E-state index in [0.717, 1.165) is 33.9 Å². The van der Waals surface area contributed by atoms with Crippen molar-refractivity contribution in [1.29, 1.82) is 0 Å². The van der Waals surface area contributed by atoms with Crippen molar-refractivity contribution < 1.29 is 14.0 Å². The Morgan fingerprint density at radius 1 is 1.03 bits per heavy atom. The summed E-state index contributed by atoms with van der Waals surface area (Å²) in [5.41, 5.74) is 4.01. The molecule has 0 saturated carbocycles. The highest BCUT2D eigenvalue weighted by Gasteiger charge is 2.09. The van der Waals surface area contributed by atoms with Crippen LogP contribution in [0, 0.1) is 6.92 Å². The molecule has 7 nitrogen and oxygen atoms in total. The Balaban J connectivity index is 0.00000363. The summed E-state index contributed by atoms with van der Waals surface area (Å²) in [6.45, 7) is 6.89. The molecule has 0 radical (unpaired) electrons. The van der Waals surface area contributed by atoms with Crippen molar-refractivity contribution >= 4 is 29.9 Å². The summed E-state index contributed by atoms with van der Waals surface area (Å²) in [6, 6.07) is 18.0. The Morgan fingerprint density at radius 2 is 1.81 bits per heavy atom.